The van der Waals surface area contributed by atoms with E-state index >= 15 is 0 Å². The third-order valence-electron chi connectivity index (χ3n) is 5.17. The molecule has 2 aromatic carbocycles. The van der Waals surface area contributed by atoms with Crippen molar-refractivity contribution in [3.8, 4) is 0 Å². The standard InChI is InChI=1S/C21H21ClFN3O/c22-18-6-2-1-5-17(18)20-13-19(15-7-9-16(23)10-8-15)24-26(20)21(27)14-25-11-3-4-12-25/h1-2,5-10,20H,3-4,11-14H2. The number of hydrogen-bond acceptors (Lipinski definition) is 3. The number of hydrogen-bond donors (Lipinski definition) is 0. The van der Waals surface area contributed by atoms with E-state index in [0.29, 0.717) is 18.0 Å². The Morgan fingerprint density at radius 1 is 1.11 bits per heavy atom. The van der Waals surface area contributed by atoms with Crippen molar-refractivity contribution in [1.29, 1.82) is 0 Å². The van der Waals surface area contributed by atoms with Crippen molar-refractivity contribution in [2.75, 3.05) is 19.6 Å². The van der Waals surface area contributed by atoms with Gasteiger partial charge in [-0.2, -0.15) is 5.10 Å². The molecule has 0 aliphatic carbocycles. The van der Waals surface area contributed by atoms with E-state index in [-0.39, 0.29) is 17.8 Å². The SMILES string of the molecule is O=C(CN1CCCC1)N1N=C(c2ccc(F)cc2)CC1c1ccccc1Cl. The van der Waals surface area contributed by atoms with Crippen LogP contribution in [0.3, 0.4) is 0 Å². The summed E-state index contributed by atoms with van der Waals surface area (Å²) >= 11 is 6.41. The summed E-state index contributed by atoms with van der Waals surface area (Å²) in [5.41, 5.74) is 2.48. The highest BCUT2D eigenvalue weighted by Crippen LogP contribution is 2.36. The van der Waals surface area contributed by atoms with Gasteiger partial charge in [0.2, 0.25) is 0 Å². The molecule has 1 amide bonds. The maximum atomic E-state index is 13.3. The number of rotatable bonds is 4. The molecule has 6 heteroatoms. The molecule has 0 radical (unpaired) electrons. The number of likely N-dealkylation sites (tertiary alicyclic amines) is 1. The second kappa shape index (κ2) is 7.79. The van der Waals surface area contributed by atoms with E-state index in [9.17, 15) is 9.18 Å². The highest BCUT2D eigenvalue weighted by Gasteiger charge is 2.34. The molecule has 0 bridgehead atoms. The van der Waals surface area contributed by atoms with Crippen LogP contribution in [0.1, 0.15) is 36.4 Å². The maximum Gasteiger partial charge on any atom is 0.257 e. The van der Waals surface area contributed by atoms with Crippen LogP contribution < -0.4 is 0 Å². The van der Waals surface area contributed by atoms with Crippen LogP contribution in [-0.4, -0.2) is 41.2 Å². The zero-order valence-corrected chi connectivity index (χ0v) is 15.7. The van der Waals surface area contributed by atoms with E-state index in [2.05, 4.69) is 10.0 Å². The molecule has 0 spiro atoms. The summed E-state index contributed by atoms with van der Waals surface area (Å²) in [5, 5.41) is 6.81. The van der Waals surface area contributed by atoms with Crippen LogP contribution >= 0.6 is 11.6 Å². The Labute approximate surface area is 163 Å². The average molecular weight is 386 g/mol. The zero-order chi connectivity index (χ0) is 18.8. The van der Waals surface area contributed by atoms with Crippen LogP contribution in [0, 0.1) is 5.82 Å². The molecule has 0 saturated carbocycles. The Bertz CT molecular complexity index is 862. The van der Waals surface area contributed by atoms with Gasteiger partial charge in [0.05, 0.1) is 18.3 Å². The predicted octanol–water partition coefficient (Wildman–Crippen LogP) is 4.25. The quantitative estimate of drug-likeness (QED) is 0.788. The second-order valence-electron chi connectivity index (χ2n) is 7.02. The number of carbonyl (C=O) groups excluding carboxylic acids is 1. The number of benzene rings is 2. The molecule has 2 aliphatic rings. The summed E-state index contributed by atoms with van der Waals surface area (Å²) in [6.07, 6.45) is 2.82. The number of halogens is 2. The number of nitrogens with zero attached hydrogens (tertiary/aromatic N) is 3. The van der Waals surface area contributed by atoms with Crippen LogP contribution in [0.2, 0.25) is 5.02 Å². The predicted molar refractivity (Wildman–Crippen MR) is 104 cm³/mol. The van der Waals surface area contributed by atoms with Gasteiger partial charge in [-0.3, -0.25) is 9.69 Å². The topological polar surface area (TPSA) is 35.9 Å². The largest absolute Gasteiger partial charge is 0.294 e. The molecule has 0 N–H and O–H groups in total. The average Bonchev–Trinajstić information content (AvgIpc) is 3.32. The molecule has 2 aromatic rings. The Morgan fingerprint density at radius 3 is 2.52 bits per heavy atom. The maximum absolute atomic E-state index is 13.3. The molecule has 0 aromatic heterocycles. The van der Waals surface area contributed by atoms with Gasteiger partial charge in [0.15, 0.2) is 0 Å². The van der Waals surface area contributed by atoms with Crippen LogP contribution in [0.4, 0.5) is 4.39 Å². The minimum absolute atomic E-state index is 0.0288. The van der Waals surface area contributed by atoms with E-state index in [1.807, 2.05) is 24.3 Å². The number of hydrazone groups is 1. The summed E-state index contributed by atoms with van der Waals surface area (Å²) in [4.78, 5) is 15.2. The smallest absolute Gasteiger partial charge is 0.257 e. The van der Waals surface area contributed by atoms with Gasteiger partial charge in [-0.15, -0.1) is 0 Å². The fourth-order valence-corrected chi connectivity index (χ4v) is 4.01. The van der Waals surface area contributed by atoms with E-state index in [4.69, 9.17) is 11.6 Å². The Hall–Kier alpha value is -2.24. The zero-order valence-electron chi connectivity index (χ0n) is 14.9. The van der Waals surface area contributed by atoms with Gasteiger partial charge in [-0.1, -0.05) is 41.9 Å². The number of amides is 1. The summed E-state index contributed by atoms with van der Waals surface area (Å²) in [7, 11) is 0. The van der Waals surface area contributed by atoms with Crippen molar-refractivity contribution in [2.45, 2.75) is 25.3 Å². The van der Waals surface area contributed by atoms with Gasteiger partial charge in [0.25, 0.3) is 5.91 Å². The van der Waals surface area contributed by atoms with Gasteiger partial charge in [-0.05, 0) is 55.3 Å². The van der Waals surface area contributed by atoms with Gasteiger partial charge in [-0.25, -0.2) is 9.40 Å². The summed E-state index contributed by atoms with van der Waals surface area (Å²) < 4.78 is 13.3. The number of carbonyl (C=O) groups is 1. The van der Waals surface area contributed by atoms with Crippen LogP contribution in [0.15, 0.2) is 53.6 Å². The molecule has 4 rings (SSSR count). The molecular formula is C21H21ClFN3O. The van der Waals surface area contributed by atoms with Gasteiger partial charge in [0, 0.05) is 11.4 Å². The fraction of sp³-hybridized carbons (Fsp3) is 0.333. The van der Waals surface area contributed by atoms with Crippen molar-refractivity contribution in [2.24, 2.45) is 5.10 Å². The Balaban J connectivity index is 1.64. The lowest BCUT2D eigenvalue weighted by atomic mass is 9.98. The summed E-state index contributed by atoms with van der Waals surface area (Å²) in [6.45, 7) is 2.26. The molecule has 2 aliphatic heterocycles. The lowest BCUT2D eigenvalue weighted by Crippen LogP contribution is -2.37. The molecule has 27 heavy (non-hydrogen) atoms. The molecule has 1 fully saturated rings. The molecule has 2 heterocycles. The van der Waals surface area contributed by atoms with E-state index in [0.717, 1.165) is 42.8 Å². The van der Waals surface area contributed by atoms with Gasteiger partial charge >= 0.3 is 0 Å². The first kappa shape index (κ1) is 18.1. The minimum Gasteiger partial charge on any atom is -0.294 e. The first-order valence-electron chi connectivity index (χ1n) is 9.24. The van der Waals surface area contributed by atoms with Crippen molar-refractivity contribution in [3.63, 3.8) is 0 Å². The van der Waals surface area contributed by atoms with Crippen LogP contribution in [0.25, 0.3) is 0 Å². The molecule has 1 atom stereocenters. The first-order chi connectivity index (χ1) is 13.1. The summed E-state index contributed by atoms with van der Waals surface area (Å²) in [5.74, 6) is -0.319. The van der Waals surface area contributed by atoms with Crippen molar-refractivity contribution >= 4 is 23.2 Å². The Kier molecular flexibility index (Phi) is 5.23. The molecule has 1 unspecified atom stereocenters. The molecular weight excluding hydrogens is 365 g/mol. The molecule has 4 nitrogen and oxygen atoms in total. The fourth-order valence-electron chi connectivity index (χ4n) is 3.75. The molecule has 1 saturated heterocycles. The van der Waals surface area contributed by atoms with Gasteiger partial charge in [0.1, 0.15) is 5.82 Å². The Morgan fingerprint density at radius 2 is 1.81 bits per heavy atom. The minimum atomic E-state index is -0.290. The highest BCUT2D eigenvalue weighted by molar-refractivity contribution is 6.31. The third-order valence-corrected chi connectivity index (χ3v) is 5.51. The van der Waals surface area contributed by atoms with Crippen molar-refractivity contribution in [3.05, 3.63) is 70.5 Å². The third kappa shape index (κ3) is 3.89. The highest BCUT2D eigenvalue weighted by atomic mass is 35.5. The molecule has 140 valence electrons. The van der Waals surface area contributed by atoms with Crippen molar-refractivity contribution < 1.29 is 9.18 Å². The second-order valence-corrected chi connectivity index (χ2v) is 7.42. The van der Waals surface area contributed by atoms with E-state index in [1.54, 1.807) is 17.1 Å². The lowest BCUT2D eigenvalue weighted by molar-refractivity contribution is -0.134. The summed E-state index contributed by atoms with van der Waals surface area (Å²) in [6, 6.07) is 13.5. The monoisotopic (exact) mass is 385 g/mol. The first-order valence-corrected chi connectivity index (χ1v) is 9.62. The van der Waals surface area contributed by atoms with Crippen molar-refractivity contribution in [1.82, 2.24) is 9.91 Å². The van der Waals surface area contributed by atoms with Crippen LogP contribution in [-0.2, 0) is 4.79 Å². The normalized spacial score (nSPS) is 20.1. The van der Waals surface area contributed by atoms with Crippen LogP contribution in [0.5, 0.6) is 0 Å². The van der Waals surface area contributed by atoms with E-state index < -0.39 is 0 Å². The lowest BCUT2D eigenvalue weighted by Gasteiger charge is -2.25. The van der Waals surface area contributed by atoms with Gasteiger partial charge < -0.3 is 0 Å². The van der Waals surface area contributed by atoms with E-state index in [1.165, 1.54) is 12.1 Å².